The number of nitrogens with zero attached hydrogens (tertiary/aromatic N) is 1. The van der Waals surface area contributed by atoms with Crippen molar-refractivity contribution < 1.29 is 14.3 Å². The van der Waals surface area contributed by atoms with Crippen LogP contribution in [0.3, 0.4) is 0 Å². The van der Waals surface area contributed by atoms with E-state index in [-0.39, 0.29) is 11.9 Å². The average molecular weight is 374 g/mol. The number of esters is 1. The summed E-state index contributed by atoms with van der Waals surface area (Å²) in [5, 5.41) is -0.904. The maximum absolute atomic E-state index is 12.4. The second-order valence-electron chi connectivity index (χ2n) is 6.45. The number of allylic oxidation sites excluding steroid dienone is 3. The van der Waals surface area contributed by atoms with Crippen LogP contribution in [0.25, 0.3) is 5.57 Å². The highest BCUT2D eigenvalue weighted by atomic mass is 35.5. The Bertz CT molecular complexity index is 768. The third-order valence-corrected chi connectivity index (χ3v) is 5.48. The lowest BCUT2D eigenvalue weighted by atomic mass is 9.77. The highest BCUT2D eigenvalue weighted by Gasteiger charge is 2.38. The molecule has 0 aromatic carbocycles. The quantitative estimate of drug-likeness (QED) is 0.543. The molecule has 0 aliphatic heterocycles. The van der Waals surface area contributed by atoms with Gasteiger partial charge in [0.2, 0.25) is 0 Å². The molecule has 0 N–H and O–H groups in total. The number of halogens is 1. The van der Waals surface area contributed by atoms with E-state index in [1.807, 2.05) is 30.4 Å². The van der Waals surface area contributed by atoms with Crippen LogP contribution in [0.1, 0.15) is 48.7 Å². The zero-order chi connectivity index (χ0) is 18.6. The van der Waals surface area contributed by atoms with E-state index in [1.54, 1.807) is 20.2 Å². The van der Waals surface area contributed by atoms with Crippen molar-refractivity contribution >= 4 is 23.1 Å². The molecule has 4 nitrogen and oxygen atoms in total. The molecule has 0 radical (unpaired) electrons. The van der Waals surface area contributed by atoms with Gasteiger partial charge in [-0.2, -0.15) is 0 Å². The highest BCUT2D eigenvalue weighted by Crippen LogP contribution is 2.45. The van der Waals surface area contributed by atoms with Crippen LogP contribution in [0.15, 0.2) is 48.2 Å². The van der Waals surface area contributed by atoms with Crippen molar-refractivity contribution in [3.63, 3.8) is 0 Å². The van der Waals surface area contributed by atoms with Crippen molar-refractivity contribution in [3.05, 3.63) is 59.5 Å². The number of rotatable bonds is 5. The topological polar surface area (TPSA) is 48.4 Å². The van der Waals surface area contributed by atoms with Crippen LogP contribution in [-0.2, 0) is 9.47 Å². The predicted molar refractivity (Wildman–Crippen MR) is 103 cm³/mol. The first kappa shape index (κ1) is 18.9. The van der Waals surface area contributed by atoms with E-state index >= 15 is 0 Å². The van der Waals surface area contributed by atoms with Gasteiger partial charge in [0.1, 0.15) is 0 Å². The molecule has 1 heterocycles. The van der Waals surface area contributed by atoms with Gasteiger partial charge in [-0.05, 0) is 50.3 Å². The van der Waals surface area contributed by atoms with E-state index in [9.17, 15) is 4.79 Å². The maximum Gasteiger partial charge on any atom is 0.357 e. The minimum absolute atomic E-state index is 0.0790. The molecule has 5 heteroatoms. The van der Waals surface area contributed by atoms with Crippen LogP contribution in [0.5, 0.6) is 0 Å². The van der Waals surface area contributed by atoms with Gasteiger partial charge in [0.25, 0.3) is 0 Å². The summed E-state index contributed by atoms with van der Waals surface area (Å²) >= 11 is 6.76. The Morgan fingerprint density at radius 3 is 2.92 bits per heavy atom. The summed E-state index contributed by atoms with van der Waals surface area (Å²) in [6.07, 6.45) is 13.5. The number of methoxy groups -OCH3 is 1. The fraction of sp³-hybridized carbons (Fsp3) is 0.429. The molecule has 2 aliphatic rings. The molecule has 3 rings (SSSR count). The fourth-order valence-corrected chi connectivity index (χ4v) is 4.01. The van der Waals surface area contributed by atoms with Gasteiger partial charge in [-0.15, -0.1) is 0 Å². The molecule has 0 amide bonds. The van der Waals surface area contributed by atoms with Crippen molar-refractivity contribution in [2.75, 3.05) is 13.7 Å². The Hall–Kier alpha value is -1.91. The van der Waals surface area contributed by atoms with Gasteiger partial charge >= 0.3 is 5.97 Å². The van der Waals surface area contributed by atoms with Crippen LogP contribution in [-0.4, -0.2) is 29.7 Å². The molecule has 2 aliphatic carbocycles. The average Bonchev–Trinajstić information content (AvgIpc) is 2.68. The third kappa shape index (κ3) is 3.62. The van der Waals surface area contributed by atoms with Gasteiger partial charge in [0.05, 0.1) is 6.61 Å². The van der Waals surface area contributed by atoms with Gasteiger partial charge in [-0.1, -0.05) is 41.5 Å². The SMILES string of the molecule is CCOC(=O)c1ncccc1C1=C(C2C=CC=CC2(Cl)OC)CCCC1. The molecule has 2 unspecified atom stereocenters. The number of hydrogen-bond acceptors (Lipinski definition) is 4. The number of ether oxygens (including phenoxy) is 2. The standard InChI is InChI=1S/C21H24ClNO3/c1-3-26-20(24)19-17(11-8-14-23-19)15-9-4-5-10-16(15)18-12-6-7-13-21(18,22)25-2/h6-8,11-14,18H,3-5,9-10H2,1-2H3. The van der Waals surface area contributed by atoms with Gasteiger partial charge < -0.3 is 9.47 Å². The molecular formula is C21H24ClNO3. The number of aromatic nitrogens is 1. The van der Waals surface area contributed by atoms with E-state index in [1.165, 1.54) is 5.57 Å². The van der Waals surface area contributed by atoms with Crippen molar-refractivity contribution in [2.24, 2.45) is 5.92 Å². The van der Waals surface area contributed by atoms with Gasteiger partial charge in [-0.25, -0.2) is 9.78 Å². The lowest BCUT2D eigenvalue weighted by Gasteiger charge is -2.36. The monoisotopic (exact) mass is 373 g/mol. The molecular weight excluding hydrogens is 350 g/mol. The number of alkyl halides is 1. The van der Waals surface area contributed by atoms with Gasteiger partial charge in [0, 0.05) is 24.8 Å². The molecule has 0 bridgehead atoms. The van der Waals surface area contributed by atoms with E-state index < -0.39 is 5.06 Å². The van der Waals surface area contributed by atoms with Crippen LogP contribution in [0, 0.1) is 5.92 Å². The predicted octanol–water partition coefficient (Wildman–Crippen LogP) is 4.91. The summed E-state index contributed by atoms with van der Waals surface area (Å²) in [5.74, 6) is -0.465. The largest absolute Gasteiger partial charge is 0.461 e. The van der Waals surface area contributed by atoms with E-state index in [0.717, 1.165) is 36.8 Å². The van der Waals surface area contributed by atoms with Crippen molar-refractivity contribution in [3.8, 4) is 0 Å². The van der Waals surface area contributed by atoms with Gasteiger partial charge in [-0.3, -0.25) is 0 Å². The summed E-state index contributed by atoms with van der Waals surface area (Å²) < 4.78 is 10.8. The molecule has 0 saturated carbocycles. The zero-order valence-corrected chi connectivity index (χ0v) is 16.0. The Kier molecular flexibility index (Phi) is 5.94. The van der Waals surface area contributed by atoms with Crippen LogP contribution in [0.4, 0.5) is 0 Å². The maximum atomic E-state index is 12.4. The van der Waals surface area contributed by atoms with Crippen LogP contribution < -0.4 is 0 Å². The number of carbonyl (C=O) groups is 1. The molecule has 1 aromatic heterocycles. The second kappa shape index (κ2) is 8.19. The summed E-state index contributed by atoms with van der Waals surface area (Å²) in [5.41, 5.74) is 3.57. The molecule has 0 spiro atoms. The molecule has 1 aromatic rings. The number of hydrogen-bond donors (Lipinski definition) is 0. The number of carbonyl (C=O) groups excluding carboxylic acids is 1. The highest BCUT2D eigenvalue weighted by molar-refractivity contribution is 6.25. The van der Waals surface area contributed by atoms with Crippen LogP contribution >= 0.6 is 11.6 Å². The summed E-state index contributed by atoms with van der Waals surface area (Å²) in [7, 11) is 1.63. The molecule has 0 fully saturated rings. The molecule has 0 saturated heterocycles. The van der Waals surface area contributed by atoms with Crippen molar-refractivity contribution in [1.29, 1.82) is 0 Å². The minimum Gasteiger partial charge on any atom is -0.461 e. The van der Waals surface area contributed by atoms with Crippen LogP contribution in [0.2, 0.25) is 0 Å². The third-order valence-electron chi connectivity index (χ3n) is 4.96. The van der Waals surface area contributed by atoms with Crippen molar-refractivity contribution in [2.45, 2.75) is 37.7 Å². The Balaban J connectivity index is 2.11. The van der Waals surface area contributed by atoms with Crippen molar-refractivity contribution in [1.82, 2.24) is 4.98 Å². The Morgan fingerprint density at radius 2 is 2.15 bits per heavy atom. The lowest BCUT2D eigenvalue weighted by Crippen LogP contribution is -2.34. The molecule has 26 heavy (non-hydrogen) atoms. The van der Waals surface area contributed by atoms with E-state index in [4.69, 9.17) is 21.1 Å². The van der Waals surface area contributed by atoms with E-state index in [0.29, 0.717) is 12.3 Å². The second-order valence-corrected chi connectivity index (χ2v) is 7.05. The fourth-order valence-electron chi connectivity index (χ4n) is 3.74. The first-order chi connectivity index (χ1) is 12.6. The Labute approximate surface area is 159 Å². The summed E-state index contributed by atoms with van der Waals surface area (Å²) in [6, 6.07) is 3.81. The number of pyridine rings is 1. The minimum atomic E-state index is -0.904. The first-order valence-corrected chi connectivity index (χ1v) is 9.43. The van der Waals surface area contributed by atoms with Gasteiger partial charge in [0.15, 0.2) is 10.8 Å². The first-order valence-electron chi connectivity index (χ1n) is 9.05. The zero-order valence-electron chi connectivity index (χ0n) is 15.2. The summed E-state index contributed by atoms with van der Waals surface area (Å²) in [4.78, 5) is 16.7. The molecule has 2 atom stereocenters. The van der Waals surface area contributed by atoms with E-state index in [2.05, 4.69) is 11.1 Å². The molecule has 138 valence electrons. The lowest BCUT2D eigenvalue weighted by molar-refractivity contribution is 0.0519. The summed E-state index contributed by atoms with van der Waals surface area (Å²) in [6.45, 7) is 2.12. The smallest absolute Gasteiger partial charge is 0.357 e. The normalized spacial score (nSPS) is 25.4. The Morgan fingerprint density at radius 1 is 1.35 bits per heavy atom.